The SMILES string of the molecule is [C-]#[N+]c1cc([N+]#[C-])cc(-c2c3ccccc3c(-c3ccc4c(c3)c3ccccc3c3c4ccc4c5ccc6ccccc6c5n(-c5ccccc5)c43)c3ccccc23)c1. The molecule has 0 aliphatic carbocycles. The third kappa shape index (κ3) is 4.74. The van der Waals surface area contributed by atoms with Gasteiger partial charge in [-0.3, -0.25) is 0 Å². The van der Waals surface area contributed by atoms with Crippen LogP contribution in [-0.2, 0) is 0 Å². The highest BCUT2D eigenvalue weighted by Gasteiger charge is 2.22. The van der Waals surface area contributed by atoms with Crippen molar-refractivity contribution in [3.8, 4) is 27.9 Å². The second kappa shape index (κ2) is 12.6. The fraction of sp³-hybridized carbons (Fsp3) is 0. The van der Waals surface area contributed by atoms with Crippen molar-refractivity contribution in [2.45, 2.75) is 0 Å². The smallest absolute Gasteiger partial charge is 0.177 e. The van der Waals surface area contributed by atoms with E-state index in [9.17, 15) is 0 Å². The molecule has 12 rings (SSSR count). The van der Waals surface area contributed by atoms with Crippen molar-refractivity contribution < 1.29 is 0 Å². The van der Waals surface area contributed by atoms with Crippen LogP contribution in [0.4, 0.5) is 11.4 Å². The highest BCUT2D eigenvalue weighted by molar-refractivity contribution is 6.35. The number of para-hydroxylation sites is 1. The largest absolute Gasteiger partial charge is 0.308 e. The third-order valence-electron chi connectivity index (χ3n) is 12.3. The summed E-state index contributed by atoms with van der Waals surface area (Å²) in [4.78, 5) is 7.46. The van der Waals surface area contributed by atoms with Gasteiger partial charge in [-0.2, -0.15) is 0 Å². The van der Waals surface area contributed by atoms with Crippen LogP contribution in [0.1, 0.15) is 0 Å². The minimum atomic E-state index is 0.467. The van der Waals surface area contributed by atoms with Crippen LogP contribution >= 0.6 is 0 Å². The van der Waals surface area contributed by atoms with Gasteiger partial charge in [0, 0.05) is 27.2 Å². The molecule has 1 heterocycles. The summed E-state index contributed by atoms with van der Waals surface area (Å²) >= 11 is 0. The van der Waals surface area contributed by atoms with Gasteiger partial charge in [0.15, 0.2) is 11.4 Å². The maximum Gasteiger partial charge on any atom is 0.177 e. The zero-order chi connectivity index (χ0) is 39.2. The molecule has 0 N–H and O–H groups in total. The summed E-state index contributed by atoms with van der Waals surface area (Å²) in [7, 11) is 0. The molecule has 3 nitrogen and oxygen atoms in total. The lowest BCUT2D eigenvalue weighted by Crippen LogP contribution is -1.96. The molecule has 0 spiro atoms. The predicted octanol–water partition coefficient (Wildman–Crippen LogP) is 16.1. The summed E-state index contributed by atoms with van der Waals surface area (Å²) in [6.45, 7) is 15.6. The van der Waals surface area contributed by atoms with E-state index in [1.807, 2.05) is 12.1 Å². The minimum Gasteiger partial charge on any atom is -0.308 e. The van der Waals surface area contributed by atoms with Crippen molar-refractivity contribution in [2.75, 3.05) is 0 Å². The maximum absolute atomic E-state index is 7.79. The molecule has 11 aromatic carbocycles. The first-order chi connectivity index (χ1) is 29.2. The Labute approximate surface area is 339 Å². The Morgan fingerprint density at radius 3 is 1.46 bits per heavy atom. The number of aromatic nitrogens is 1. The molecule has 0 atom stereocenters. The monoisotopic (exact) mass is 745 g/mol. The average molecular weight is 746 g/mol. The molecule has 0 saturated heterocycles. The van der Waals surface area contributed by atoms with E-state index in [1.165, 1.54) is 70.5 Å². The fourth-order valence-electron chi connectivity index (χ4n) is 9.91. The Bertz CT molecular complexity index is 3750. The minimum absolute atomic E-state index is 0.467. The van der Waals surface area contributed by atoms with E-state index in [0.717, 1.165) is 43.9 Å². The highest BCUT2D eigenvalue weighted by Crippen LogP contribution is 2.48. The maximum atomic E-state index is 7.79. The van der Waals surface area contributed by atoms with E-state index in [1.54, 1.807) is 6.07 Å². The molecule has 0 fully saturated rings. The van der Waals surface area contributed by atoms with Gasteiger partial charge in [-0.05, 0) is 94.3 Å². The number of hydrogen-bond acceptors (Lipinski definition) is 0. The molecular weight excluding hydrogens is 715 g/mol. The molecule has 0 aliphatic rings. The van der Waals surface area contributed by atoms with Gasteiger partial charge in [0.2, 0.25) is 0 Å². The zero-order valence-corrected chi connectivity index (χ0v) is 31.7. The van der Waals surface area contributed by atoms with Crippen LogP contribution in [0.3, 0.4) is 0 Å². The van der Waals surface area contributed by atoms with E-state index >= 15 is 0 Å². The van der Waals surface area contributed by atoms with Gasteiger partial charge in [0.25, 0.3) is 0 Å². The number of hydrogen-bond donors (Lipinski definition) is 0. The van der Waals surface area contributed by atoms with Crippen molar-refractivity contribution in [1.82, 2.24) is 4.57 Å². The van der Waals surface area contributed by atoms with Crippen LogP contribution in [0.2, 0.25) is 0 Å². The summed E-state index contributed by atoms with van der Waals surface area (Å²) in [5.74, 6) is 0. The zero-order valence-electron chi connectivity index (χ0n) is 31.7. The lowest BCUT2D eigenvalue weighted by Gasteiger charge is -2.19. The Hall–Kier alpha value is -8.24. The molecular formula is C56H31N3. The number of fused-ring (bicyclic) bond motifs is 14. The van der Waals surface area contributed by atoms with Crippen LogP contribution in [0, 0.1) is 13.1 Å². The van der Waals surface area contributed by atoms with Gasteiger partial charge >= 0.3 is 0 Å². The Morgan fingerprint density at radius 2 is 0.797 bits per heavy atom. The first kappa shape index (κ1) is 33.0. The van der Waals surface area contributed by atoms with Gasteiger partial charge in [-0.1, -0.05) is 170 Å². The van der Waals surface area contributed by atoms with E-state index in [0.29, 0.717) is 11.4 Å². The molecule has 0 radical (unpaired) electrons. The highest BCUT2D eigenvalue weighted by atomic mass is 15.0. The summed E-state index contributed by atoms with van der Waals surface area (Å²) in [6, 6.07) is 67.3. The quantitative estimate of drug-likeness (QED) is 0.0971. The van der Waals surface area contributed by atoms with E-state index in [4.69, 9.17) is 13.1 Å². The van der Waals surface area contributed by atoms with Crippen molar-refractivity contribution >= 4 is 97.8 Å². The van der Waals surface area contributed by atoms with Crippen molar-refractivity contribution in [2.24, 2.45) is 0 Å². The van der Waals surface area contributed by atoms with Gasteiger partial charge in [0.1, 0.15) is 0 Å². The Morgan fingerprint density at radius 1 is 0.322 bits per heavy atom. The van der Waals surface area contributed by atoms with Crippen LogP contribution < -0.4 is 0 Å². The molecule has 0 unspecified atom stereocenters. The third-order valence-corrected chi connectivity index (χ3v) is 12.3. The molecule has 0 bridgehead atoms. The van der Waals surface area contributed by atoms with Gasteiger partial charge in [-0.15, -0.1) is 0 Å². The standard InChI is InChI=1S/C56H31N3/c1-57-37-30-36(31-38(33-37)58-2)53-46-22-12-10-20-44(46)52(45-21-11-13-23-47(45)53)35-25-26-42-48-28-29-50-49-27-24-34-14-6-7-17-40(34)55(49)59(39-15-4-3-5-16-39)56(50)54(48)43-19-9-8-18-41(43)51(42)32-35/h3-33H. The van der Waals surface area contributed by atoms with Crippen LogP contribution in [0.15, 0.2) is 188 Å². The second-order valence-electron chi connectivity index (χ2n) is 15.3. The first-order valence-corrected chi connectivity index (χ1v) is 19.8. The van der Waals surface area contributed by atoms with E-state index < -0.39 is 0 Å². The summed E-state index contributed by atoms with van der Waals surface area (Å²) in [5, 5.41) is 16.7. The van der Waals surface area contributed by atoms with Crippen molar-refractivity contribution in [3.05, 3.63) is 211 Å². The van der Waals surface area contributed by atoms with Gasteiger partial charge < -0.3 is 4.57 Å². The normalized spacial score (nSPS) is 11.7. The Kier molecular flexibility index (Phi) is 7.06. The molecule has 270 valence electrons. The average Bonchev–Trinajstić information content (AvgIpc) is 3.65. The summed E-state index contributed by atoms with van der Waals surface area (Å²) in [5.41, 5.74) is 8.76. The lowest BCUT2D eigenvalue weighted by atomic mass is 9.84. The molecule has 59 heavy (non-hydrogen) atoms. The molecule has 0 saturated carbocycles. The topological polar surface area (TPSA) is 13.7 Å². The van der Waals surface area contributed by atoms with Crippen LogP contribution in [0.5, 0.6) is 0 Å². The number of nitrogens with zero attached hydrogens (tertiary/aromatic N) is 3. The Balaban J connectivity index is 1.20. The van der Waals surface area contributed by atoms with Crippen LogP contribution in [-0.4, -0.2) is 4.57 Å². The van der Waals surface area contributed by atoms with Gasteiger partial charge in [0.05, 0.1) is 24.2 Å². The number of benzene rings is 11. The molecule has 12 aromatic rings. The summed E-state index contributed by atoms with van der Waals surface area (Å²) < 4.78 is 2.50. The second-order valence-corrected chi connectivity index (χ2v) is 15.3. The van der Waals surface area contributed by atoms with Crippen LogP contribution in [0.25, 0.3) is 124 Å². The molecule has 3 heteroatoms. The molecule has 0 aliphatic heterocycles. The van der Waals surface area contributed by atoms with Crippen molar-refractivity contribution in [1.29, 1.82) is 0 Å². The van der Waals surface area contributed by atoms with E-state index in [-0.39, 0.29) is 0 Å². The van der Waals surface area contributed by atoms with E-state index in [2.05, 4.69) is 184 Å². The molecule has 0 amide bonds. The molecule has 1 aromatic heterocycles. The number of rotatable bonds is 3. The first-order valence-electron chi connectivity index (χ1n) is 19.8. The summed E-state index contributed by atoms with van der Waals surface area (Å²) in [6.07, 6.45) is 0. The van der Waals surface area contributed by atoms with Crippen molar-refractivity contribution in [3.63, 3.8) is 0 Å². The predicted molar refractivity (Wildman–Crippen MR) is 249 cm³/mol. The lowest BCUT2D eigenvalue weighted by molar-refractivity contribution is 1.19. The fourth-order valence-corrected chi connectivity index (χ4v) is 9.91. The van der Waals surface area contributed by atoms with Gasteiger partial charge in [-0.25, -0.2) is 9.69 Å².